The monoisotopic (exact) mass is 516 g/mol. The highest BCUT2D eigenvalue weighted by molar-refractivity contribution is 5.88. The second-order valence-corrected chi connectivity index (χ2v) is 8.49. The molecule has 37 heavy (non-hydrogen) atoms. The molecule has 2 aliphatic heterocycles. The fourth-order valence-corrected chi connectivity index (χ4v) is 3.94. The Balaban J connectivity index is 1.29. The summed E-state index contributed by atoms with van der Waals surface area (Å²) in [5.74, 6) is 1.28. The number of carbonyl (C=O) groups is 2. The molecule has 2 fully saturated rings. The molecule has 0 bridgehead atoms. The van der Waals surface area contributed by atoms with E-state index in [0.29, 0.717) is 57.2 Å². The van der Waals surface area contributed by atoms with Crippen molar-refractivity contribution in [2.75, 3.05) is 63.3 Å². The molecule has 2 aliphatic rings. The average Bonchev–Trinajstić information content (AvgIpc) is 2.93. The van der Waals surface area contributed by atoms with Crippen molar-refractivity contribution in [1.29, 1.82) is 0 Å². The van der Waals surface area contributed by atoms with E-state index in [9.17, 15) is 9.59 Å². The van der Waals surface area contributed by atoms with Crippen molar-refractivity contribution in [3.63, 3.8) is 0 Å². The summed E-state index contributed by atoms with van der Waals surface area (Å²) in [5.41, 5.74) is 0. The van der Waals surface area contributed by atoms with Crippen molar-refractivity contribution in [2.45, 2.75) is 31.9 Å². The standard InChI is InChI=1S/C23H32N8O6/c1-3-35-20-13-25-18(12-26-20)28-22(32)30(2)16-5-4-8-31(14-16)21-24-7-6-19(29-21)37-23(33)27-11-17-15-34-9-10-36-17/h6-7,12-13,16-17H,3-5,8-11,14-15H2,1-2H3,(H,27,33)(H,25,28,32)/t16-,17-/m1/s1. The molecule has 0 radical (unpaired) electrons. The number of anilines is 2. The minimum atomic E-state index is -0.635. The lowest BCUT2D eigenvalue weighted by Crippen LogP contribution is -2.50. The molecule has 2 aromatic heterocycles. The van der Waals surface area contributed by atoms with Crippen LogP contribution in [0.3, 0.4) is 0 Å². The van der Waals surface area contributed by atoms with Crippen molar-refractivity contribution >= 4 is 23.9 Å². The largest absolute Gasteiger partial charge is 0.477 e. The lowest BCUT2D eigenvalue weighted by Gasteiger charge is -2.37. The van der Waals surface area contributed by atoms with Gasteiger partial charge >= 0.3 is 12.1 Å². The van der Waals surface area contributed by atoms with Crippen LogP contribution in [0.4, 0.5) is 21.4 Å². The molecule has 4 rings (SSSR count). The third-order valence-electron chi connectivity index (χ3n) is 5.88. The lowest BCUT2D eigenvalue weighted by molar-refractivity contribution is -0.0856. The Hall–Kier alpha value is -3.78. The predicted molar refractivity (Wildman–Crippen MR) is 132 cm³/mol. The molecule has 200 valence electrons. The Morgan fingerprint density at radius 3 is 2.86 bits per heavy atom. The van der Waals surface area contributed by atoms with Crippen molar-refractivity contribution in [3.8, 4) is 11.8 Å². The van der Waals surface area contributed by atoms with E-state index in [0.717, 1.165) is 12.8 Å². The van der Waals surface area contributed by atoms with E-state index in [1.807, 2.05) is 11.8 Å². The molecule has 0 spiro atoms. The quantitative estimate of drug-likeness (QED) is 0.522. The van der Waals surface area contributed by atoms with Gasteiger partial charge in [-0.05, 0) is 19.8 Å². The van der Waals surface area contributed by atoms with Gasteiger partial charge in [-0.25, -0.2) is 24.5 Å². The number of piperidine rings is 1. The number of amides is 3. The average molecular weight is 517 g/mol. The van der Waals surface area contributed by atoms with Crippen LogP contribution in [0.1, 0.15) is 19.8 Å². The molecular formula is C23H32N8O6. The second-order valence-electron chi connectivity index (χ2n) is 8.49. The van der Waals surface area contributed by atoms with Gasteiger partial charge in [-0.3, -0.25) is 5.32 Å². The van der Waals surface area contributed by atoms with Gasteiger partial charge in [-0.2, -0.15) is 4.98 Å². The zero-order valence-corrected chi connectivity index (χ0v) is 21.0. The van der Waals surface area contributed by atoms with Crippen molar-refractivity contribution in [3.05, 3.63) is 24.7 Å². The SMILES string of the molecule is CCOc1cnc(NC(=O)N(C)[C@@H]2CCCN(c3nccc(OC(=O)NC[C@@H]4COCCO4)n3)C2)cn1. The lowest BCUT2D eigenvalue weighted by atomic mass is 10.1. The molecule has 2 N–H and O–H groups in total. The van der Waals surface area contributed by atoms with Crippen LogP contribution in [0.25, 0.3) is 0 Å². The topological polar surface area (TPSA) is 153 Å². The number of likely N-dealkylation sites (N-methyl/N-ethyl adjacent to an activating group) is 1. The molecule has 0 unspecified atom stereocenters. The van der Waals surface area contributed by atoms with Crippen molar-refractivity contribution < 1.29 is 28.5 Å². The summed E-state index contributed by atoms with van der Waals surface area (Å²) >= 11 is 0. The fourth-order valence-electron chi connectivity index (χ4n) is 3.94. The highest BCUT2D eigenvalue weighted by Gasteiger charge is 2.28. The molecular weight excluding hydrogens is 484 g/mol. The number of hydrogen-bond acceptors (Lipinski definition) is 11. The number of nitrogens with zero attached hydrogens (tertiary/aromatic N) is 6. The maximum atomic E-state index is 12.8. The van der Waals surface area contributed by atoms with Crippen LogP contribution in [0.5, 0.6) is 11.8 Å². The van der Waals surface area contributed by atoms with Gasteiger partial charge in [0, 0.05) is 38.9 Å². The summed E-state index contributed by atoms with van der Waals surface area (Å²) < 4.78 is 21.4. The zero-order valence-electron chi connectivity index (χ0n) is 21.0. The van der Waals surface area contributed by atoms with Crippen LogP contribution in [0, 0.1) is 0 Å². The molecule has 14 nitrogen and oxygen atoms in total. The first-order valence-electron chi connectivity index (χ1n) is 12.2. The van der Waals surface area contributed by atoms with Crippen LogP contribution in [0.2, 0.25) is 0 Å². The molecule has 2 atom stereocenters. The summed E-state index contributed by atoms with van der Waals surface area (Å²) in [6, 6.07) is 1.13. The van der Waals surface area contributed by atoms with E-state index in [1.165, 1.54) is 24.7 Å². The number of nitrogens with one attached hydrogen (secondary N) is 2. The fraction of sp³-hybridized carbons (Fsp3) is 0.565. The third kappa shape index (κ3) is 7.60. The Morgan fingerprint density at radius 1 is 1.22 bits per heavy atom. The predicted octanol–water partition coefficient (Wildman–Crippen LogP) is 1.30. The Bertz CT molecular complexity index is 1040. The first kappa shape index (κ1) is 26.3. The van der Waals surface area contributed by atoms with E-state index in [-0.39, 0.29) is 30.6 Å². The Kier molecular flexibility index (Phi) is 9.21. The number of aromatic nitrogens is 4. The van der Waals surface area contributed by atoms with E-state index in [4.69, 9.17) is 18.9 Å². The minimum Gasteiger partial charge on any atom is -0.477 e. The summed E-state index contributed by atoms with van der Waals surface area (Å²) in [6.07, 6.45) is 5.27. The van der Waals surface area contributed by atoms with Crippen molar-refractivity contribution in [2.24, 2.45) is 0 Å². The van der Waals surface area contributed by atoms with E-state index in [2.05, 4.69) is 30.6 Å². The molecule has 3 amide bonds. The molecule has 0 aromatic carbocycles. The summed E-state index contributed by atoms with van der Waals surface area (Å²) in [5, 5.41) is 5.41. The van der Waals surface area contributed by atoms with Crippen LogP contribution < -0.4 is 25.0 Å². The molecule has 0 aliphatic carbocycles. The summed E-state index contributed by atoms with van der Waals surface area (Å²) in [7, 11) is 1.73. The van der Waals surface area contributed by atoms with Gasteiger partial charge in [-0.1, -0.05) is 0 Å². The van der Waals surface area contributed by atoms with Crippen LogP contribution in [-0.4, -0.2) is 102 Å². The number of rotatable bonds is 8. The summed E-state index contributed by atoms with van der Waals surface area (Å²) in [4.78, 5) is 45.6. The highest BCUT2D eigenvalue weighted by Crippen LogP contribution is 2.21. The zero-order chi connectivity index (χ0) is 26.0. The van der Waals surface area contributed by atoms with Crippen LogP contribution in [-0.2, 0) is 9.47 Å². The molecule has 2 saturated heterocycles. The Morgan fingerprint density at radius 2 is 2.11 bits per heavy atom. The smallest absolute Gasteiger partial charge is 0.414 e. The summed E-state index contributed by atoms with van der Waals surface area (Å²) in [6.45, 7) is 5.34. The van der Waals surface area contributed by atoms with E-state index < -0.39 is 6.09 Å². The Labute approximate surface area is 214 Å². The number of urea groups is 1. The first-order chi connectivity index (χ1) is 18.0. The first-order valence-corrected chi connectivity index (χ1v) is 12.2. The minimum absolute atomic E-state index is 0.0846. The van der Waals surface area contributed by atoms with Crippen LogP contribution in [0.15, 0.2) is 24.7 Å². The van der Waals surface area contributed by atoms with Crippen LogP contribution >= 0.6 is 0 Å². The van der Waals surface area contributed by atoms with Crippen molar-refractivity contribution in [1.82, 2.24) is 30.2 Å². The van der Waals surface area contributed by atoms with E-state index >= 15 is 0 Å². The van der Waals surface area contributed by atoms with Gasteiger partial charge in [0.2, 0.25) is 17.7 Å². The van der Waals surface area contributed by atoms with Gasteiger partial charge in [0.25, 0.3) is 0 Å². The normalized spacial score (nSPS) is 19.6. The van der Waals surface area contributed by atoms with Gasteiger partial charge in [-0.15, -0.1) is 0 Å². The number of hydrogen-bond donors (Lipinski definition) is 2. The van der Waals surface area contributed by atoms with E-state index in [1.54, 1.807) is 11.9 Å². The second kappa shape index (κ2) is 13.0. The molecule has 2 aromatic rings. The van der Waals surface area contributed by atoms with Gasteiger partial charge in [0.05, 0.1) is 51.0 Å². The number of ether oxygens (including phenoxy) is 4. The maximum absolute atomic E-state index is 12.8. The molecule has 14 heteroatoms. The maximum Gasteiger partial charge on any atom is 0.414 e. The van der Waals surface area contributed by atoms with Gasteiger partial charge in [0.15, 0.2) is 5.82 Å². The third-order valence-corrected chi connectivity index (χ3v) is 5.88. The number of carbonyl (C=O) groups excluding carboxylic acids is 2. The molecule has 4 heterocycles. The van der Waals surface area contributed by atoms with Gasteiger partial charge < -0.3 is 34.1 Å². The molecule has 0 saturated carbocycles. The van der Waals surface area contributed by atoms with Gasteiger partial charge in [0.1, 0.15) is 0 Å². The highest BCUT2D eigenvalue weighted by atomic mass is 16.6.